The lowest BCUT2D eigenvalue weighted by molar-refractivity contribution is 0.290. The summed E-state index contributed by atoms with van der Waals surface area (Å²) in [6.45, 7) is 2.92. The highest BCUT2D eigenvalue weighted by atomic mass is 16.5. The zero-order valence-electron chi connectivity index (χ0n) is 16.8. The molecule has 1 nitrogen and oxygen atoms in total. The van der Waals surface area contributed by atoms with Gasteiger partial charge in [0.1, 0.15) is 12.4 Å². The average molecular weight is 363 g/mol. The number of hydrogen-bond acceptors (Lipinski definition) is 1. The van der Waals surface area contributed by atoms with E-state index in [2.05, 4.69) is 55.5 Å². The van der Waals surface area contributed by atoms with Crippen LogP contribution in [0.15, 0.2) is 60.7 Å². The molecule has 1 aliphatic carbocycles. The summed E-state index contributed by atoms with van der Waals surface area (Å²) in [5, 5.41) is 0. The molecule has 3 rings (SSSR count). The minimum atomic E-state index is 0.623. The first-order valence-corrected chi connectivity index (χ1v) is 10.8. The molecule has 0 spiro atoms. The van der Waals surface area contributed by atoms with E-state index >= 15 is 0 Å². The minimum Gasteiger partial charge on any atom is -0.489 e. The quantitative estimate of drug-likeness (QED) is 0.416. The third-order valence-electron chi connectivity index (χ3n) is 5.80. The van der Waals surface area contributed by atoms with E-state index in [9.17, 15) is 0 Å². The van der Waals surface area contributed by atoms with Crippen molar-refractivity contribution < 1.29 is 4.74 Å². The van der Waals surface area contributed by atoms with Crippen LogP contribution < -0.4 is 4.74 Å². The summed E-state index contributed by atoms with van der Waals surface area (Å²) >= 11 is 0. The largest absolute Gasteiger partial charge is 0.489 e. The van der Waals surface area contributed by atoms with E-state index in [0.29, 0.717) is 6.61 Å². The number of hydrogen-bond donors (Lipinski definition) is 0. The first kappa shape index (κ1) is 19.7. The number of allylic oxidation sites excluding steroid dienone is 1. The van der Waals surface area contributed by atoms with Crippen molar-refractivity contribution in [3.8, 4) is 5.75 Å². The molecule has 1 saturated carbocycles. The monoisotopic (exact) mass is 362 g/mol. The zero-order valence-corrected chi connectivity index (χ0v) is 16.8. The maximum Gasteiger partial charge on any atom is 0.119 e. The fraction of sp³-hybridized carbons (Fsp3) is 0.462. The molecule has 1 fully saturated rings. The van der Waals surface area contributed by atoms with Crippen LogP contribution in [0.2, 0.25) is 0 Å². The molecular formula is C26H34O. The molecule has 1 aliphatic rings. The van der Waals surface area contributed by atoms with Crippen LogP contribution in [0.3, 0.4) is 0 Å². The van der Waals surface area contributed by atoms with Gasteiger partial charge in [-0.05, 0) is 60.8 Å². The number of benzene rings is 2. The number of ether oxygens (including phenoxy) is 1. The summed E-state index contributed by atoms with van der Waals surface area (Å²) in [6.07, 6.45) is 15.9. The van der Waals surface area contributed by atoms with Crippen LogP contribution in [0.5, 0.6) is 5.75 Å². The second kappa shape index (κ2) is 11.0. The van der Waals surface area contributed by atoms with Crippen LogP contribution in [0.4, 0.5) is 0 Å². The summed E-state index contributed by atoms with van der Waals surface area (Å²) in [5.74, 6) is 2.69. The normalized spacial score (nSPS) is 20.0. The van der Waals surface area contributed by atoms with E-state index in [1.807, 2.05) is 18.2 Å². The molecule has 2 aromatic rings. The molecule has 0 unspecified atom stereocenters. The topological polar surface area (TPSA) is 9.23 Å². The van der Waals surface area contributed by atoms with Crippen LogP contribution in [0, 0.1) is 11.8 Å². The Hall–Kier alpha value is -2.02. The maximum atomic E-state index is 5.87. The van der Waals surface area contributed by atoms with Gasteiger partial charge in [0.2, 0.25) is 0 Å². The van der Waals surface area contributed by atoms with Crippen molar-refractivity contribution in [2.24, 2.45) is 11.8 Å². The smallest absolute Gasteiger partial charge is 0.119 e. The van der Waals surface area contributed by atoms with Gasteiger partial charge < -0.3 is 4.74 Å². The highest BCUT2D eigenvalue weighted by Crippen LogP contribution is 2.33. The van der Waals surface area contributed by atoms with Gasteiger partial charge in [0.25, 0.3) is 0 Å². The van der Waals surface area contributed by atoms with E-state index < -0.39 is 0 Å². The van der Waals surface area contributed by atoms with Crippen molar-refractivity contribution in [2.45, 2.75) is 64.9 Å². The summed E-state index contributed by atoms with van der Waals surface area (Å²) in [4.78, 5) is 0. The molecule has 0 aromatic heterocycles. The molecule has 0 N–H and O–H groups in total. The van der Waals surface area contributed by atoms with E-state index in [4.69, 9.17) is 4.74 Å². The molecule has 0 radical (unpaired) electrons. The Balaban J connectivity index is 1.40. The van der Waals surface area contributed by atoms with Crippen LogP contribution in [0.1, 0.15) is 69.4 Å². The lowest BCUT2D eigenvalue weighted by Crippen LogP contribution is -2.12. The fourth-order valence-electron chi connectivity index (χ4n) is 4.02. The molecule has 144 valence electrons. The van der Waals surface area contributed by atoms with Crippen LogP contribution in [-0.2, 0) is 6.61 Å². The van der Waals surface area contributed by atoms with Gasteiger partial charge in [-0.3, -0.25) is 0 Å². The lowest BCUT2D eigenvalue weighted by atomic mass is 9.79. The van der Waals surface area contributed by atoms with Crippen LogP contribution >= 0.6 is 0 Å². The third-order valence-corrected chi connectivity index (χ3v) is 5.80. The van der Waals surface area contributed by atoms with Crippen molar-refractivity contribution in [2.75, 3.05) is 0 Å². The Labute approximate surface area is 165 Å². The Morgan fingerprint density at radius 2 is 1.63 bits per heavy atom. The minimum absolute atomic E-state index is 0.623. The highest BCUT2D eigenvalue weighted by molar-refractivity contribution is 5.50. The Bertz CT molecular complexity index is 663. The molecule has 0 atom stereocenters. The highest BCUT2D eigenvalue weighted by Gasteiger charge is 2.18. The molecule has 2 aromatic carbocycles. The van der Waals surface area contributed by atoms with Crippen molar-refractivity contribution in [1.29, 1.82) is 0 Å². The fourth-order valence-corrected chi connectivity index (χ4v) is 4.02. The van der Waals surface area contributed by atoms with Crippen molar-refractivity contribution in [1.82, 2.24) is 0 Å². The van der Waals surface area contributed by atoms with E-state index in [0.717, 1.165) is 17.6 Å². The molecule has 0 amide bonds. The Morgan fingerprint density at radius 3 is 2.33 bits per heavy atom. The predicted molar refractivity (Wildman–Crippen MR) is 116 cm³/mol. The maximum absolute atomic E-state index is 5.87. The molecule has 0 saturated heterocycles. The predicted octanol–water partition coefficient (Wildman–Crippen LogP) is 7.67. The Morgan fingerprint density at radius 1 is 0.889 bits per heavy atom. The molecule has 0 bridgehead atoms. The van der Waals surface area contributed by atoms with Gasteiger partial charge in [-0.15, -0.1) is 0 Å². The third kappa shape index (κ3) is 6.90. The second-order valence-electron chi connectivity index (χ2n) is 7.98. The lowest BCUT2D eigenvalue weighted by Gasteiger charge is -2.26. The second-order valence-corrected chi connectivity index (χ2v) is 7.98. The number of unbranched alkanes of at least 4 members (excludes halogenated alkanes) is 2. The van der Waals surface area contributed by atoms with E-state index in [1.165, 1.54) is 62.5 Å². The van der Waals surface area contributed by atoms with Gasteiger partial charge in [-0.2, -0.15) is 0 Å². The van der Waals surface area contributed by atoms with Crippen molar-refractivity contribution in [3.05, 3.63) is 71.8 Å². The molecular weight excluding hydrogens is 328 g/mol. The summed E-state index contributed by atoms with van der Waals surface area (Å²) in [5.41, 5.74) is 2.47. The number of rotatable bonds is 9. The molecule has 27 heavy (non-hydrogen) atoms. The first-order valence-electron chi connectivity index (χ1n) is 10.8. The van der Waals surface area contributed by atoms with Gasteiger partial charge in [-0.1, -0.05) is 87.2 Å². The van der Waals surface area contributed by atoms with Gasteiger partial charge >= 0.3 is 0 Å². The average Bonchev–Trinajstić information content (AvgIpc) is 2.73. The van der Waals surface area contributed by atoms with Crippen molar-refractivity contribution >= 4 is 6.08 Å². The van der Waals surface area contributed by atoms with E-state index in [1.54, 1.807) is 0 Å². The van der Waals surface area contributed by atoms with Gasteiger partial charge in [0.05, 0.1) is 0 Å². The standard InChI is InChI=1S/C26H34O/c1-2-3-5-8-22-11-13-23(14-12-22)15-16-24-17-19-26(20-18-24)27-21-25-9-6-4-7-10-25/h4,6-7,9-10,15-20,22-23H,2-3,5,8,11-14,21H2,1H3/t22-,23-. The van der Waals surface area contributed by atoms with Crippen LogP contribution in [-0.4, -0.2) is 0 Å². The van der Waals surface area contributed by atoms with Crippen molar-refractivity contribution in [3.63, 3.8) is 0 Å². The van der Waals surface area contributed by atoms with Gasteiger partial charge in [-0.25, -0.2) is 0 Å². The summed E-state index contributed by atoms with van der Waals surface area (Å²) < 4.78 is 5.87. The first-order chi connectivity index (χ1) is 13.3. The summed E-state index contributed by atoms with van der Waals surface area (Å²) in [6, 6.07) is 18.8. The van der Waals surface area contributed by atoms with E-state index in [-0.39, 0.29) is 0 Å². The Kier molecular flexibility index (Phi) is 8.02. The van der Waals surface area contributed by atoms with Gasteiger partial charge in [0, 0.05) is 0 Å². The van der Waals surface area contributed by atoms with Crippen LogP contribution in [0.25, 0.3) is 6.08 Å². The summed E-state index contributed by atoms with van der Waals surface area (Å²) in [7, 11) is 0. The molecule has 1 heteroatoms. The SMILES string of the molecule is CCCCC[C@H]1CC[C@H](C=Cc2ccc(OCc3ccccc3)cc2)CC1. The zero-order chi connectivity index (χ0) is 18.7. The molecule has 0 heterocycles. The molecule has 0 aliphatic heterocycles. The van der Waals surface area contributed by atoms with Gasteiger partial charge in [0.15, 0.2) is 0 Å².